The second-order valence-corrected chi connectivity index (χ2v) is 8.87. The number of hydrogen-bond acceptors (Lipinski definition) is 4. The van der Waals surface area contributed by atoms with E-state index in [0.29, 0.717) is 12.4 Å². The summed E-state index contributed by atoms with van der Waals surface area (Å²) >= 11 is 0. The summed E-state index contributed by atoms with van der Waals surface area (Å²) in [5.74, 6) is 0.695. The molecule has 0 saturated heterocycles. The minimum atomic E-state index is -3.39. The van der Waals surface area contributed by atoms with Crippen LogP contribution in [0.2, 0.25) is 0 Å². The summed E-state index contributed by atoms with van der Waals surface area (Å²) in [6.45, 7) is 3.54. The zero-order chi connectivity index (χ0) is 18.6. The van der Waals surface area contributed by atoms with Crippen LogP contribution in [0.1, 0.15) is 11.1 Å². The average Bonchev–Trinajstić information content (AvgIpc) is 2.85. The third kappa shape index (κ3) is 4.44. The van der Waals surface area contributed by atoms with E-state index in [4.69, 9.17) is 4.74 Å². The Morgan fingerprint density at radius 3 is 2.08 bits per heavy atom. The van der Waals surface area contributed by atoms with E-state index in [1.54, 1.807) is 24.3 Å². The van der Waals surface area contributed by atoms with Gasteiger partial charge in [-0.05, 0) is 48.2 Å². The lowest BCUT2D eigenvalue weighted by molar-refractivity contribution is 0.215. The number of ether oxygens (including phenoxy) is 1. The lowest BCUT2D eigenvalue weighted by Crippen LogP contribution is -2.30. The van der Waals surface area contributed by atoms with Crippen molar-refractivity contribution in [3.8, 4) is 5.75 Å². The fourth-order valence-electron chi connectivity index (χ4n) is 3.15. The summed E-state index contributed by atoms with van der Waals surface area (Å²) in [4.78, 5) is 2.70. The first-order chi connectivity index (χ1) is 12.5. The number of nitrogens with zero attached hydrogens (tertiary/aromatic N) is 2. The minimum absolute atomic E-state index is 0.278. The first-order valence-corrected chi connectivity index (χ1v) is 10.4. The van der Waals surface area contributed by atoms with E-state index in [-0.39, 0.29) is 4.90 Å². The molecule has 0 spiro atoms. The van der Waals surface area contributed by atoms with E-state index in [1.165, 1.54) is 29.5 Å². The van der Waals surface area contributed by atoms with Gasteiger partial charge in [-0.1, -0.05) is 24.3 Å². The molecule has 2 aromatic carbocycles. The summed E-state index contributed by atoms with van der Waals surface area (Å²) in [6, 6.07) is 15.3. The Hall–Kier alpha value is -1.89. The Bertz CT molecular complexity index is 805. The van der Waals surface area contributed by atoms with E-state index < -0.39 is 10.0 Å². The van der Waals surface area contributed by atoms with Crippen molar-refractivity contribution < 1.29 is 13.2 Å². The molecule has 0 radical (unpaired) electrons. The molecule has 0 aromatic heterocycles. The topological polar surface area (TPSA) is 49.9 Å². The Balaban J connectivity index is 1.50. The number of benzene rings is 2. The Labute approximate surface area is 156 Å². The highest BCUT2D eigenvalue weighted by atomic mass is 32.2. The molecule has 0 fully saturated rings. The zero-order valence-electron chi connectivity index (χ0n) is 15.4. The van der Waals surface area contributed by atoms with Gasteiger partial charge in [-0.2, -0.15) is 0 Å². The summed E-state index contributed by atoms with van der Waals surface area (Å²) in [7, 11) is -0.338. The van der Waals surface area contributed by atoms with Gasteiger partial charge in [0.1, 0.15) is 12.4 Å². The number of sulfonamides is 1. The first kappa shape index (κ1) is 18.9. The van der Waals surface area contributed by atoms with Crippen molar-refractivity contribution in [3.63, 3.8) is 0 Å². The van der Waals surface area contributed by atoms with Crippen molar-refractivity contribution in [2.75, 3.05) is 40.3 Å². The van der Waals surface area contributed by atoms with Crippen LogP contribution in [0.4, 0.5) is 0 Å². The highest BCUT2D eigenvalue weighted by Gasteiger charge is 2.17. The second kappa shape index (κ2) is 8.20. The second-order valence-electron chi connectivity index (χ2n) is 6.72. The standard InChI is InChI=1S/C20H26N2O3S/c1-21(2)26(23,24)20-9-7-19(8-10-20)25-16-15-22-13-11-17-5-3-4-6-18(17)12-14-22/h3-10H,11-16H2,1-2H3. The van der Waals surface area contributed by atoms with Gasteiger partial charge in [0.05, 0.1) is 4.90 Å². The lowest BCUT2D eigenvalue weighted by atomic mass is 10.0. The molecule has 2 aromatic rings. The first-order valence-electron chi connectivity index (χ1n) is 8.91. The quantitative estimate of drug-likeness (QED) is 0.779. The van der Waals surface area contributed by atoms with Crippen LogP contribution in [-0.4, -0.2) is 58.0 Å². The van der Waals surface area contributed by atoms with Crippen LogP contribution >= 0.6 is 0 Å². The van der Waals surface area contributed by atoms with E-state index >= 15 is 0 Å². The van der Waals surface area contributed by atoms with E-state index in [0.717, 1.165) is 32.5 Å². The molecule has 0 N–H and O–H groups in total. The molecule has 1 aliphatic heterocycles. The molecule has 0 unspecified atom stereocenters. The van der Waals surface area contributed by atoms with Gasteiger partial charge in [0, 0.05) is 33.7 Å². The van der Waals surface area contributed by atoms with E-state index in [9.17, 15) is 8.42 Å². The minimum Gasteiger partial charge on any atom is -0.492 e. The summed E-state index contributed by atoms with van der Waals surface area (Å²) in [6.07, 6.45) is 2.15. The van der Waals surface area contributed by atoms with Gasteiger partial charge in [0.15, 0.2) is 0 Å². The fraction of sp³-hybridized carbons (Fsp3) is 0.400. The lowest BCUT2D eigenvalue weighted by Gasteiger charge is -2.19. The molecule has 1 aliphatic rings. The molecule has 0 bridgehead atoms. The molecule has 3 rings (SSSR count). The maximum atomic E-state index is 12.1. The van der Waals surface area contributed by atoms with Crippen LogP contribution in [0.3, 0.4) is 0 Å². The molecule has 0 saturated carbocycles. The highest BCUT2D eigenvalue weighted by Crippen LogP contribution is 2.19. The van der Waals surface area contributed by atoms with Gasteiger partial charge in [0.25, 0.3) is 0 Å². The molecule has 26 heavy (non-hydrogen) atoms. The molecule has 6 heteroatoms. The van der Waals surface area contributed by atoms with Crippen LogP contribution in [-0.2, 0) is 22.9 Å². The summed E-state index contributed by atoms with van der Waals surface area (Å²) in [5.41, 5.74) is 2.90. The monoisotopic (exact) mass is 374 g/mol. The predicted octanol–water partition coefficient (Wildman–Crippen LogP) is 2.42. The number of hydrogen-bond donors (Lipinski definition) is 0. The Kier molecular flexibility index (Phi) is 5.96. The van der Waals surface area contributed by atoms with Gasteiger partial charge in [-0.3, -0.25) is 4.90 Å². The molecule has 1 heterocycles. The summed E-state index contributed by atoms with van der Waals surface area (Å²) in [5, 5.41) is 0. The van der Waals surface area contributed by atoms with Crippen molar-refractivity contribution in [1.29, 1.82) is 0 Å². The van der Waals surface area contributed by atoms with Crippen LogP contribution in [0.5, 0.6) is 5.75 Å². The van der Waals surface area contributed by atoms with Gasteiger partial charge < -0.3 is 4.74 Å². The van der Waals surface area contributed by atoms with Crippen molar-refractivity contribution >= 4 is 10.0 Å². The largest absolute Gasteiger partial charge is 0.492 e. The van der Waals surface area contributed by atoms with Gasteiger partial charge >= 0.3 is 0 Å². The van der Waals surface area contributed by atoms with Crippen molar-refractivity contribution in [2.45, 2.75) is 17.7 Å². The van der Waals surface area contributed by atoms with Gasteiger partial charge in [-0.25, -0.2) is 12.7 Å². The summed E-state index contributed by atoms with van der Waals surface area (Å²) < 4.78 is 31.1. The molecular formula is C20H26N2O3S. The molecule has 0 aliphatic carbocycles. The molecule has 140 valence electrons. The van der Waals surface area contributed by atoms with Gasteiger partial charge in [-0.15, -0.1) is 0 Å². The van der Waals surface area contributed by atoms with Crippen molar-refractivity contribution in [3.05, 3.63) is 59.7 Å². The van der Waals surface area contributed by atoms with Crippen LogP contribution < -0.4 is 4.74 Å². The van der Waals surface area contributed by atoms with E-state index in [1.807, 2.05) is 0 Å². The smallest absolute Gasteiger partial charge is 0.242 e. The fourth-order valence-corrected chi connectivity index (χ4v) is 4.05. The molecule has 0 atom stereocenters. The SMILES string of the molecule is CN(C)S(=O)(=O)c1ccc(OCCN2CCc3ccccc3CC2)cc1. The van der Waals surface area contributed by atoms with Crippen molar-refractivity contribution in [2.24, 2.45) is 0 Å². The number of fused-ring (bicyclic) bond motifs is 1. The Morgan fingerprint density at radius 1 is 0.962 bits per heavy atom. The van der Waals surface area contributed by atoms with Crippen LogP contribution in [0, 0.1) is 0 Å². The molecule has 0 amide bonds. The van der Waals surface area contributed by atoms with Crippen LogP contribution in [0.15, 0.2) is 53.4 Å². The average molecular weight is 375 g/mol. The molecular weight excluding hydrogens is 348 g/mol. The Morgan fingerprint density at radius 2 is 1.54 bits per heavy atom. The maximum absolute atomic E-state index is 12.1. The zero-order valence-corrected chi connectivity index (χ0v) is 16.2. The third-order valence-electron chi connectivity index (χ3n) is 4.79. The van der Waals surface area contributed by atoms with Crippen LogP contribution in [0.25, 0.3) is 0 Å². The number of rotatable bonds is 6. The maximum Gasteiger partial charge on any atom is 0.242 e. The molecule has 5 nitrogen and oxygen atoms in total. The predicted molar refractivity (Wildman–Crippen MR) is 103 cm³/mol. The normalized spacial score (nSPS) is 15.5. The van der Waals surface area contributed by atoms with Crippen molar-refractivity contribution in [1.82, 2.24) is 9.21 Å². The van der Waals surface area contributed by atoms with E-state index in [2.05, 4.69) is 29.2 Å². The van der Waals surface area contributed by atoms with Gasteiger partial charge in [0.2, 0.25) is 10.0 Å². The third-order valence-corrected chi connectivity index (χ3v) is 6.62. The highest BCUT2D eigenvalue weighted by molar-refractivity contribution is 7.89.